The molecule has 0 aliphatic carbocycles. The second-order valence-electron chi connectivity index (χ2n) is 1.73. The SMILES string of the molecule is CCOCC.N.N=C(N)NC(=N)N. The third kappa shape index (κ3) is 36.8. The Morgan fingerprint density at radius 1 is 1.15 bits per heavy atom. The van der Waals surface area contributed by atoms with Crippen LogP contribution in [0.5, 0.6) is 0 Å². The van der Waals surface area contributed by atoms with Gasteiger partial charge < -0.3 is 22.4 Å². The predicted octanol–water partition coefficient (Wildman–Crippen LogP) is -0.432. The zero-order valence-corrected chi connectivity index (χ0v) is 8.18. The molecule has 0 rings (SSSR count). The topological polar surface area (TPSA) is 156 Å². The van der Waals surface area contributed by atoms with E-state index in [1.165, 1.54) is 0 Å². The van der Waals surface area contributed by atoms with Crippen molar-refractivity contribution in [1.82, 2.24) is 11.5 Å². The van der Waals surface area contributed by atoms with Crippen LogP contribution in [0.15, 0.2) is 0 Å². The van der Waals surface area contributed by atoms with Gasteiger partial charge in [0.1, 0.15) is 0 Å². The lowest BCUT2D eigenvalue weighted by Gasteiger charge is -1.95. The summed E-state index contributed by atoms with van der Waals surface area (Å²) in [6.45, 7) is 5.67. The quantitative estimate of drug-likeness (QED) is 0.258. The van der Waals surface area contributed by atoms with Gasteiger partial charge in [0, 0.05) is 13.2 Å². The van der Waals surface area contributed by atoms with Crippen LogP contribution >= 0.6 is 0 Å². The fourth-order valence-corrected chi connectivity index (χ4v) is 0.349. The number of ether oxygens (including phenoxy) is 1. The van der Waals surface area contributed by atoms with Crippen molar-refractivity contribution in [1.29, 1.82) is 10.8 Å². The first kappa shape index (κ1) is 17.7. The van der Waals surface area contributed by atoms with E-state index >= 15 is 0 Å². The van der Waals surface area contributed by atoms with E-state index < -0.39 is 0 Å². The Balaban J connectivity index is -0.000000150. The first-order chi connectivity index (χ1) is 5.54. The Labute approximate surface area is 78.4 Å². The van der Waals surface area contributed by atoms with Gasteiger partial charge in [-0.3, -0.25) is 16.1 Å². The molecule has 0 heterocycles. The van der Waals surface area contributed by atoms with Gasteiger partial charge in [-0.2, -0.15) is 0 Å². The number of nitrogens with two attached hydrogens (primary N) is 2. The Bertz CT molecular complexity index is 123. The summed E-state index contributed by atoms with van der Waals surface area (Å²) >= 11 is 0. The maximum absolute atomic E-state index is 6.47. The van der Waals surface area contributed by atoms with Gasteiger partial charge in [0.15, 0.2) is 11.9 Å². The molecule has 0 aromatic carbocycles. The molecule has 7 nitrogen and oxygen atoms in total. The highest BCUT2D eigenvalue weighted by atomic mass is 16.5. The molecule has 0 spiro atoms. The van der Waals surface area contributed by atoms with Crippen molar-refractivity contribution in [3.05, 3.63) is 0 Å². The molecular weight excluding hydrogens is 172 g/mol. The van der Waals surface area contributed by atoms with Crippen LogP contribution in [0.2, 0.25) is 0 Å². The molecule has 80 valence electrons. The summed E-state index contributed by atoms with van der Waals surface area (Å²) in [6, 6.07) is 0. The van der Waals surface area contributed by atoms with Crippen molar-refractivity contribution in [2.45, 2.75) is 13.8 Å². The summed E-state index contributed by atoms with van der Waals surface area (Å²) in [5, 5.41) is 15.0. The molecule has 0 saturated carbocycles. The van der Waals surface area contributed by atoms with Gasteiger partial charge in [-0.1, -0.05) is 0 Å². The van der Waals surface area contributed by atoms with Crippen molar-refractivity contribution in [3.63, 3.8) is 0 Å². The van der Waals surface area contributed by atoms with Gasteiger partial charge >= 0.3 is 0 Å². The molecule has 0 atom stereocenters. The molecule has 0 fully saturated rings. The van der Waals surface area contributed by atoms with Crippen molar-refractivity contribution in [2.24, 2.45) is 11.5 Å². The lowest BCUT2D eigenvalue weighted by Crippen LogP contribution is -2.39. The van der Waals surface area contributed by atoms with E-state index in [1.54, 1.807) is 0 Å². The van der Waals surface area contributed by atoms with Crippen LogP contribution in [0.4, 0.5) is 0 Å². The summed E-state index contributed by atoms with van der Waals surface area (Å²) in [6.07, 6.45) is 0. The smallest absolute Gasteiger partial charge is 0.192 e. The number of rotatable bonds is 2. The van der Waals surface area contributed by atoms with Gasteiger partial charge in [-0.25, -0.2) is 0 Å². The Kier molecular flexibility index (Phi) is 18.0. The van der Waals surface area contributed by atoms with Gasteiger partial charge in [0.2, 0.25) is 0 Å². The van der Waals surface area contributed by atoms with Gasteiger partial charge in [0.05, 0.1) is 0 Å². The molecule has 0 saturated heterocycles. The molecule has 10 N–H and O–H groups in total. The minimum Gasteiger partial charge on any atom is -0.382 e. The molecule has 0 aromatic rings. The molecule has 7 heteroatoms. The Morgan fingerprint density at radius 3 is 1.46 bits per heavy atom. The molecule has 0 amide bonds. The summed E-state index contributed by atoms with van der Waals surface area (Å²) in [4.78, 5) is 0. The van der Waals surface area contributed by atoms with E-state index in [-0.39, 0.29) is 18.1 Å². The lowest BCUT2D eigenvalue weighted by molar-refractivity contribution is 0.162. The predicted molar refractivity (Wildman–Crippen MR) is 54.2 cm³/mol. The van der Waals surface area contributed by atoms with E-state index in [1.807, 2.05) is 19.2 Å². The van der Waals surface area contributed by atoms with E-state index in [0.717, 1.165) is 13.2 Å². The average Bonchev–Trinajstić information content (AvgIpc) is 1.87. The van der Waals surface area contributed by atoms with E-state index in [0.29, 0.717) is 0 Å². The van der Waals surface area contributed by atoms with Gasteiger partial charge in [-0.05, 0) is 13.8 Å². The molecule has 0 radical (unpaired) electrons. The fourth-order valence-electron chi connectivity index (χ4n) is 0.349. The molecule has 0 aromatic heterocycles. The Hall–Kier alpha value is -1.34. The number of guanidine groups is 2. The monoisotopic (exact) mass is 192 g/mol. The van der Waals surface area contributed by atoms with Crippen molar-refractivity contribution >= 4 is 11.9 Å². The number of hydrogen-bond acceptors (Lipinski definition) is 4. The number of nitrogens with one attached hydrogen (secondary N) is 3. The van der Waals surface area contributed by atoms with Gasteiger partial charge in [0.25, 0.3) is 0 Å². The molecule has 0 bridgehead atoms. The van der Waals surface area contributed by atoms with Crippen molar-refractivity contribution < 1.29 is 4.74 Å². The summed E-state index contributed by atoms with van der Waals surface area (Å²) in [5.74, 6) is -0.625. The first-order valence-electron chi connectivity index (χ1n) is 3.57. The Morgan fingerprint density at radius 2 is 1.46 bits per heavy atom. The van der Waals surface area contributed by atoms with E-state index in [4.69, 9.17) is 27.0 Å². The van der Waals surface area contributed by atoms with Crippen LogP contribution < -0.4 is 22.9 Å². The van der Waals surface area contributed by atoms with Crippen molar-refractivity contribution in [3.8, 4) is 0 Å². The highest BCUT2D eigenvalue weighted by molar-refractivity contribution is 5.93. The lowest BCUT2D eigenvalue weighted by atomic mass is 10.8. The second-order valence-corrected chi connectivity index (χ2v) is 1.73. The van der Waals surface area contributed by atoms with Crippen LogP contribution in [0.1, 0.15) is 13.8 Å². The third-order valence-electron chi connectivity index (χ3n) is 0.678. The fraction of sp³-hybridized carbons (Fsp3) is 0.667. The first-order valence-corrected chi connectivity index (χ1v) is 3.57. The minimum atomic E-state index is -0.312. The van der Waals surface area contributed by atoms with Crippen LogP contribution in [0.3, 0.4) is 0 Å². The summed E-state index contributed by atoms with van der Waals surface area (Å²) in [5.41, 5.74) is 9.49. The maximum atomic E-state index is 6.47. The molecule has 0 aliphatic heterocycles. The van der Waals surface area contributed by atoms with E-state index in [2.05, 4.69) is 0 Å². The normalized spacial score (nSPS) is 7.23. The maximum Gasteiger partial charge on any atom is 0.192 e. The molecule has 0 unspecified atom stereocenters. The largest absolute Gasteiger partial charge is 0.382 e. The number of hydrogen-bond donors (Lipinski definition) is 6. The summed E-state index contributed by atoms with van der Waals surface area (Å²) < 4.78 is 4.83. The minimum absolute atomic E-state index is 0. The summed E-state index contributed by atoms with van der Waals surface area (Å²) in [7, 11) is 0. The zero-order valence-electron chi connectivity index (χ0n) is 8.18. The van der Waals surface area contributed by atoms with Crippen LogP contribution in [0, 0.1) is 10.8 Å². The highest BCUT2D eigenvalue weighted by Crippen LogP contribution is 1.64. The van der Waals surface area contributed by atoms with Crippen LogP contribution in [-0.4, -0.2) is 25.1 Å². The van der Waals surface area contributed by atoms with Gasteiger partial charge in [-0.15, -0.1) is 0 Å². The standard InChI is InChI=1S/C4H10O.C2H7N5.H3N/c1-3-5-4-2;3-1(4)7-2(5)6;/h3-4H2,1-2H3;(H7,3,4,5,6,7);1H3. The third-order valence-corrected chi connectivity index (χ3v) is 0.678. The van der Waals surface area contributed by atoms with E-state index in [9.17, 15) is 0 Å². The average molecular weight is 192 g/mol. The highest BCUT2D eigenvalue weighted by Gasteiger charge is 1.83. The molecular formula is C6H20N6O. The van der Waals surface area contributed by atoms with Crippen molar-refractivity contribution in [2.75, 3.05) is 13.2 Å². The van der Waals surface area contributed by atoms with Crippen LogP contribution in [-0.2, 0) is 4.74 Å². The van der Waals surface area contributed by atoms with Crippen LogP contribution in [0.25, 0.3) is 0 Å². The second kappa shape index (κ2) is 13.3. The molecule has 13 heavy (non-hydrogen) atoms. The zero-order chi connectivity index (χ0) is 9.98. The molecule has 0 aliphatic rings.